The Labute approximate surface area is 163 Å². The number of para-hydroxylation sites is 1. The van der Waals surface area contributed by atoms with Gasteiger partial charge in [0.05, 0.1) is 0 Å². The van der Waals surface area contributed by atoms with Crippen LogP contribution < -0.4 is 15.1 Å². The molecular weight excluding hydrogens is 334 g/mol. The van der Waals surface area contributed by atoms with Crippen LogP contribution in [0.5, 0.6) is 0 Å². The highest BCUT2D eigenvalue weighted by molar-refractivity contribution is 5.92. The zero-order valence-electron chi connectivity index (χ0n) is 16.6. The second kappa shape index (κ2) is 9.67. The molecule has 1 saturated heterocycles. The van der Waals surface area contributed by atoms with Crippen LogP contribution in [0.15, 0.2) is 54.6 Å². The minimum atomic E-state index is 0.132. The number of hydrogen-bond donors (Lipinski definition) is 3. The summed E-state index contributed by atoms with van der Waals surface area (Å²) in [6.07, 6.45) is 1.07. The molecule has 2 aromatic carbocycles. The third-order valence-corrected chi connectivity index (χ3v) is 5.75. The number of anilines is 1. The first-order valence-electron chi connectivity index (χ1n) is 10.3. The maximum absolute atomic E-state index is 12.6. The highest BCUT2D eigenvalue weighted by atomic mass is 16.2. The minimum Gasteiger partial charge on any atom is -0.322 e. The summed E-state index contributed by atoms with van der Waals surface area (Å²) in [7, 11) is 0. The number of carbonyl (C=O) groups excluding carboxylic acids is 1. The molecule has 1 heterocycles. The van der Waals surface area contributed by atoms with Gasteiger partial charge in [0.15, 0.2) is 6.54 Å². The Bertz CT molecular complexity index is 723. The molecule has 1 fully saturated rings. The zero-order chi connectivity index (χ0) is 19.1. The third-order valence-electron chi connectivity index (χ3n) is 5.75. The van der Waals surface area contributed by atoms with Crippen molar-refractivity contribution in [2.75, 3.05) is 38.0 Å². The summed E-state index contributed by atoms with van der Waals surface area (Å²) >= 11 is 0. The van der Waals surface area contributed by atoms with Gasteiger partial charge in [0, 0.05) is 11.3 Å². The van der Waals surface area contributed by atoms with Gasteiger partial charge in [0.2, 0.25) is 0 Å². The number of rotatable bonds is 7. The smallest absolute Gasteiger partial charge is 0.279 e. The normalized spacial score (nSPS) is 20.8. The topological polar surface area (TPSA) is 38.0 Å². The van der Waals surface area contributed by atoms with Crippen molar-refractivity contribution in [1.29, 1.82) is 0 Å². The number of carbonyl (C=O) groups is 1. The molecule has 1 aliphatic rings. The monoisotopic (exact) mass is 367 g/mol. The Balaban J connectivity index is 1.47. The summed E-state index contributed by atoms with van der Waals surface area (Å²) in [6, 6.07) is 18.9. The third kappa shape index (κ3) is 5.65. The Morgan fingerprint density at radius 3 is 2.30 bits per heavy atom. The summed E-state index contributed by atoms with van der Waals surface area (Å²) in [5, 5.41) is 3.16. The molecule has 4 heteroatoms. The van der Waals surface area contributed by atoms with E-state index in [0.29, 0.717) is 12.5 Å². The largest absolute Gasteiger partial charge is 0.322 e. The van der Waals surface area contributed by atoms with Gasteiger partial charge in [-0.2, -0.15) is 0 Å². The highest BCUT2D eigenvalue weighted by Gasteiger charge is 2.25. The van der Waals surface area contributed by atoms with E-state index >= 15 is 0 Å². The quantitative estimate of drug-likeness (QED) is 0.674. The second-order valence-electron chi connectivity index (χ2n) is 7.78. The van der Waals surface area contributed by atoms with Crippen molar-refractivity contribution in [2.24, 2.45) is 0 Å². The van der Waals surface area contributed by atoms with E-state index in [9.17, 15) is 4.79 Å². The molecule has 0 radical (unpaired) electrons. The molecule has 144 valence electrons. The van der Waals surface area contributed by atoms with E-state index in [1.54, 1.807) is 4.90 Å². The van der Waals surface area contributed by atoms with Crippen LogP contribution in [0.3, 0.4) is 0 Å². The van der Waals surface area contributed by atoms with Crippen LogP contribution in [0.2, 0.25) is 0 Å². The van der Waals surface area contributed by atoms with Crippen LogP contribution in [-0.4, -0.2) is 38.6 Å². The molecule has 0 saturated carbocycles. The average molecular weight is 368 g/mol. The van der Waals surface area contributed by atoms with Crippen LogP contribution in [0.1, 0.15) is 37.3 Å². The lowest BCUT2D eigenvalue weighted by Crippen LogP contribution is -3.28. The molecule has 1 atom stereocenters. The van der Waals surface area contributed by atoms with Gasteiger partial charge < -0.3 is 15.1 Å². The van der Waals surface area contributed by atoms with Crippen LogP contribution >= 0.6 is 0 Å². The van der Waals surface area contributed by atoms with Gasteiger partial charge in [-0.25, -0.2) is 0 Å². The lowest BCUT2D eigenvalue weighted by molar-refractivity contribution is -1.02. The molecule has 0 bridgehead atoms. The van der Waals surface area contributed by atoms with Gasteiger partial charge >= 0.3 is 0 Å². The Hall–Kier alpha value is -2.17. The van der Waals surface area contributed by atoms with Gasteiger partial charge in [-0.15, -0.1) is 0 Å². The predicted octanol–water partition coefficient (Wildman–Crippen LogP) is 1.12. The van der Waals surface area contributed by atoms with Gasteiger partial charge in [0.25, 0.3) is 5.91 Å². The van der Waals surface area contributed by atoms with Gasteiger partial charge in [0.1, 0.15) is 32.7 Å². The van der Waals surface area contributed by atoms with Gasteiger partial charge in [-0.3, -0.25) is 4.79 Å². The van der Waals surface area contributed by atoms with Crippen LogP contribution in [0, 0.1) is 0 Å². The number of nitrogens with one attached hydrogen (secondary N) is 3. The van der Waals surface area contributed by atoms with E-state index < -0.39 is 0 Å². The molecule has 1 amide bonds. The van der Waals surface area contributed by atoms with E-state index in [0.717, 1.165) is 44.8 Å². The first kappa shape index (κ1) is 19.6. The maximum Gasteiger partial charge on any atom is 0.279 e. The van der Waals surface area contributed by atoms with Crippen molar-refractivity contribution in [3.8, 4) is 0 Å². The van der Waals surface area contributed by atoms with Crippen molar-refractivity contribution >= 4 is 11.6 Å². The van der Waals surface area contributed by atoms with E-state index in [-0.39, 0.29) is 5.91 Å². The Morgan fingerprint density at radius 1 is 0.963 bits per heavy atom. The molecule has 27 heavy (non-hydrogen) atoms. The van der Waals surface area contributed by atoms with Gasteiger partial charge in [-0.1, -0.05) is 62.4 Å². The number of hydrogen-bond acceptors (Lipinski definition) is 1. The lowest BCUT2D eigenvalue weighted by atomic mass is 9.97. The summed E-state index contributed by atoms with van der Waals surface area (Å²) < 4.78 is 0. The average Bonchev–Trinajstić information content (AvgIpc) is 2.70. The molecule has 3 rings (SSSR count). The minimum absolute atomic E-state index is 0.132. The summed E-state index contributed by atoms with van der Waals surface area (Å²) in [5.41, 5.74) is 3.61. The first-order chi connectivity index (χ1) is 13.2. The fourth-order valence-electron chi connectivity index (χ4n) is 3.88. The van der Waals surface area contributed by atoms with E-state index in [2.05, 4.69) is 61.6 Å². The van der Waals surface area contributed by atoms with E-state index in [4.69, 9.17) is 0 Å². The zero-order valence-corrected chi connectivity index (χ0v) is 16.6. The SMILES string of the molecule is CC[C@@H](C)c1ccccc1NC(=O)C[NH+]1CC[NH+](Cc2ccccc2)CC1. The summed E-state index contributed by atoms with van der Waals surface area (Å²) in [5.74, 6) is 0.589. The molecule has 3 N–H and O–H groups in total. The number of amides is 1. The second-order valence-corrected chi connectivity index (χ2v) is 7.78. The standard InChI is InChI=1S/C23H31N3O/c1-3-19(2)21-11-7-8-12-22(21)24-23(27)18-26-15-13-25(14-16-26)17-20-9-5-4-6-10-20/h4-12,19H,3,13-18H2,1-2H3,(H,24,27)/p+2/t19-/m1/s1. The molecule has 1 aliphatic heterocycles. The lowest BCUT2D eigenvalue weighted by Gasteiger charge is -2.29. The van der Waals surface area contributed by atoms with Crippen molar-refractivity contribution in [3.05, 3.63) is 65.7 Å². The Morgan fingerprint density at radius 2 is 1.59 bits per heavy atom. The Kier molecular flexibility index (Phi) is 7.02. The van der Waals surface area contributed by atoms with Crippen LogP contribution in [-0.2, 0) is 11.3 Å². The summed E-state index contributed by atoms with van der Waals surface area (Å²) in [6.45, 7) is 10.4. The first-order valence-corrected chi connectivity index (χ1v) is 10.3. The van der Waals surface area contributed by atoms with Gasteiger partial charge in [-0.05, 0) is 24.0 Å². The summed E-state index contributed by atoms with van der Waals surface area (Å²) in [4.78, 5) is 15.6. The molecule has 2 aromatic rings. The maximum atomic E-state index is 12.6. The fourth-order valence-corrected chi connectivity index (χ4v) is 3.88. The van der Waals surface area contributed by atoms with E-state index in [1.165, 1.54) is 16.0 Å². The van der Waals surface area contributed by atoms with Crippen molar-refractivity contribution in [1.82, 2.24) is 0 Å². The number of quaternary nitrogens is 2. The fraction of sp³-hybridized carbons (Fsp3) is 0.435. The van der Waals surface area contributed by atoms with E-state index in [1.807, 2.05) is 12.1 Å². The highest BCUT2D eigenvalue weighted by Crippen LogP contribution is 2.26. The van der Waals surface area contributed by atoms with Crippen molar-refractivity contribution < 1.29 is 14.6 Å². The van der Waals surface area contributed by atoms with Crippen LogP contribution in [0.4, 0.5) is 5.69 Å². The molecule has 0 spiro atoms. The van der Waals surface area contributed by atoms with Crippen molar-refractivity contribution in [3.63, 3.8) is 0 Å². The molecule has 0 unspecified atom stereocenters. The predicted molar refractivity (Wildman–Crippen MR) is 110 cm³/mol. The number of piperazine rings is 1. The van der Waals surface area contributed by atoms with Crippen LogP contribution in [0.25, 0.3) is 0 Å². The molecule has 4 nitrogen and oxygen atoms in total. The molecular formula is C23H33N3O+2. The number of benzene rings is 2. The van der Waals surface area contributed by atoms with Crippen molar-refractivity contribution in [2.45, 2.75) is 32.7 Å². The molecule has 0 aliphatic carbocycles. The molecule has 0 aromatic heterocycles.